The fourth-order valence-corrected chi connectivity index (χ4v) is 9.78. The van der Waals surface area contributed by atoms with Gasteiger partial charge in [-0.05, 0) is 99.7 Å². The Balaban J connectivity index is 0.838. The number of rotatable bonds is 18. The molecule has 3 aromatic heterocycles. The smallest absolute Gasteiger partial charge is 0.416 e. The molecule has 5 aromatic rings. The number of imide groups is 1. The molecule has 2 aromatic carbocycles. The lowest BCUT2D eigenvalue weighted by Crippen LogP contribution is -2.49. The number of H-pyrrole nitrogens is 1. The van der Waals surface area contributed by atoms with Crippen LogP contribution in [0, 0.1) is 5.92 Å². The lowest BCUT2D eigenvalue weighted by molar-refractivity contribution is -0.137. The highest BCUT2D eigenvalue weighted by atomic mass is 19.4. The molecule has 2 aliphatic heterocycles. The van der Waals surface area contributed by atoms with E-state index in [2.05, 4.69) is 36.1 Å². The topological polar surface area (TPSA) is 238 Å². The van der Waals surface area contributed by atoms with Crippen molar-refractivity contribution >= 4 is 69.9 Å². The number of carbonyl (C=O) groups is 6. The Morgan fingerprint density at radius 1 is 0.932 bits per heavy atom. The van der Waals surface area contributed by atoms with Crippen LogP contribution in [0.2, 0.25) is 0 Å². The summed E-state index contributed by atoms with van der Waals surface area (Å²) < 4.78 is 45.0. The summed E-state index contributed by atoms with van der Waals surface area (Å²) in [4.78, 5) is 91.1. The Kier molecular flexibility index (Phi) is 16.9. The van der Waals surface area contributed by atoms with Crippen LogP contribution in [0.25, 0.3) is 28.2 Å². The van der Waals surface area contributed by atoms with Gasteiger partial charge in [-0.3, -0.25) is 39.3 Å². The maximum atomic E-state index is 13.8. The maximum absolute atomic E-state index is 13.8. The normalized spacial score (nSPS) is 15.8. The summed E-state index contributed by atoms with van der Waals surface area (Å²) in [5, 5.41) is 16.0. The number of halogens is 3. The van der Waals surface area contributed by atoms with Crippen LogP contribution in [0.5, 0.6) is 5.75 Å². The number of anilines is 3. The molecule has 0 unspecified atom stereocenters. The van der Waals surface area contributed by atoms with Gasteiger partial charge in [0.15, 0.2) is 0 Å². The molecule has 5 heterocycles. The lowest BCUT2D eigenvalue weighted by Gasteiger charge is -2.33. The molecular weight excluding hydrogens is 960 g/mol. The molecule has 7 amide bonds. The number of methoxy groups -OCH3 is 1. The first-order valence-electron chi connectivity index (χ1n) is 25.0. The van der Waals surface area contributed by atoms with E-state index in [-0.39, 0.29) is 66.4 Å². The number of amides is 7. The molecule has 18 nitrogen and oxygen atoms in total. The van der Waals surface area contributed by atoms with E-state index in [1.165, 1.54) is 24.1 Å². The number of nitrogen functional groups attached to an aromatic ring is 1. The molecule has 21 heteroatoms. The minimum atomic E-state index is -4.59. The Morgan fingerprint density at radius 2 is 1.69 bits per heavy atom. The molecule has 74 heavy (non-hydrogen) atoms. The number of carbonyl (C=O) groups excluding carboxylic acids is 6. The van der Waals surface area contributed by atoms with Crippen molar-refractivity contribution in [2.24, 2.45) is 5.92 Å². The summed E-state index contributed by atoms with van der Waals surface area (Å²) in [6.45, 7) is 1.62. The van der Waals surface area contributed by atoms with Crippen LogP contribution in [0.3, 0.4) is 0 Å². The Morgan fingerprint density at radius 3 is 2.42 bits per heavy atom. The van der Waals surface area contributed by atoms with E-state index in [9.17, 15) is 41.9 Å². The van der Waals surface area contributed by atoms with Crippen molar-refractivity contribution in [2.45, 2.75) is 95.7 Å². The number of aromatic nitrogens is 4. The molecule has 8 rings (SSSR count). The van der Waals surface area contributed by atoms with Gasteiger partial charge in [-0.15, -0.1) is 0 Å². The predicted octanol–water partition coefficient (Wildman–Crippen LogP) is 8.12. The summed E-state index contributed by atoms with van der Waals surface area (Å²) in [5.74, 6) is -0.671. The van der Waals surface area contributed by atoms with Gasteiger partial charge in [0.05, 0.1) is 36.0 Å². The molecule has 390 valence electrons. The predicted molar refractivity (Wildman–Crippen MR) is 272 cm³/mol. The number of hydrogen-bond donors (Lipinski definition) is 5. The number of unbranched alkanes of at least 4 members (excludes halogenated alkanes) is 1. The van der Waals surface area contributed by atoms with Crippen molar-refractivity contribution in [1.29, 1.82) is 0 Å². The van der Waals surface area contributed by atoms with E-state index in [4.69, 9.17) is 10.5 Å². The number of nitrogens with two attached hydrogens (primary N) is 1. The number of alkyl halides is 3. The monoisotopic (exact) mass is 1020 g/mol. The van der Waals surface area contributed by atoms with Crippen LogP contribution in [0.15, 0.2) is 73.1 Å². The number of likely N-dealkylation sites (tertiary alicyclic amines) is 1. The van der Waals surface area contributed by atoms with E-state index >= 15 is 0 Å². The minimum absolute atomic E-state index is 0.0234. The molecule has 3 aliphatic rings. The number of piperidine rings is 1. The SMILES string of the molecule is COc1ccc(C(=O)N2CCC(CCCC(=O)N(CCC/C=C/c3cnc(N)c4c(-c5ccc(C(=O)Nc6cc(C(F)(F)F)ccn6)cc5)[nH]nc34)CC(=O)NC3CCCCC3)CC2)cc1N1CCC(=O)NC1=O. The summed E-state index contributed by atoms with van der Waals surface area (Å²) in [5.41, 5.74) is 8.89. The van der Waals surface area contributed by atoms with E-state index in [1.807, 2.05) is 12.2 Å². The van der Waals surface area contributed by atoms with Gasteiger partial charge >= 0.3 is 12.2 Å². The molecule has 0 bridgehead atoms. The zero-order valence-electron chi connectivity index (χ0n) is 41.1. The fraction of sp³-hybridized carbons (Fsp3) is 0.415. The zero-order chi connectivity index (χ0) is 52.4. The van der Waals surface area contributed by atoms with E-state index in [0.717, 1.165) is 69.7 Å². The second kappa shape index (κ2) is 23.8. The van der Waals surface area contributed by atoms with E-state index < -0.39 is 23.7 Å². The number of benzene rings is 2. The summed E-state index contributed by atoms with van der Waals surface area (Å²) in [7, 11) is 1.48. The number of hydrogen-bond acceptors (Lipinski definition) is 11. The van der Waals surface area contributed by atoms with Crippen LogP contribution < -0.4 is 31.3 Å². The third-order valence-electron chi connectivity index (χ3n) is 13.8. The minimum Gasteiger partial charge on any atom is -0.495 e. The summed E-state index contributed by atoms with van der Waals surface area (Å²) in [6, 6.07) is 12.5. The van der Waals surface area contributed by atoms with Gasteiger partial charge in [0, 0.05) is 79.7 Å². The Labute approximate surface area is 425 Å². The average Bonchev–Trinajstić information content (AvgIpc) is 3.85. The highest BCUT2D eigenvalue weighted by molar-refractivity contribution is 6.08. The maximum Gasteiger partial charge on any atom is 0.416 e. The van der Waals surface area contributed by atoms with Crippen LogP contribution in [-0.2, 0) is 20.6 Å². The second-order valence-corrected chi connectivity index (χ2v) is 18.9. The highest BCUT2D eigenvalue weighted by Gasteiger charge is 2.32. The first kappa shape index (κ1) is 52.5. The molecule has 2 saturated heterocycles. The van der Waals surface area contributed by atoms with Crippen molar-refractivity contribution in [1.82, 2.24) is 40.6 Å². The van der Waals surface area contributed by atoms with Gasteiger partial charge in [0.2, 0.25) is 17.7 Å². The molecule has 0 radical (unpaired) electrons. The number of allylic oxidation sites excluding steroid dienone is 1. The Hall–Kier alpha value is -7.84. The number of pyridine rings is 2. The van der Waals surface area contributed by atoms with Gasteiger partial charge in [-0.1, -0.05) is 43.5 Å². The molecule has 0 atom stereocenters. The molecule has 1 saturated carbocycles. The van der Waals surface area contributed by atoms with Crippen molar-refractivity contribution < 1.29 is 46.7 Å². The molecule has 3 fully saturated rings. The van der Waals surface area contributed by atoms with E-state index in [0.29, 0.717) is 96.0 Å². The van der Waals surface area contributed by atoms with Crippen molar-refractivity contribution in [2.75, 3.05) is 55.8 Å². The first-order chi connectivity index (χ1) is 35.6. The van der Waals surface area contributed by atoms with Gasteiger partial charge in [0.25, 0.3) is 11.8 Å². The van der Waals surface area contributed by atoms with Crippen LogP contribution in [-0.4, -0.2) is 111 Å². The average molecular weight is 1020 g/mol. The highest BCUT2D eigenvalue weighted by Crippen LogP contribution is 2.35. The number of nitrogens with one attached hydrogen (secondary N) is 4. The number of fused-ring (bicyclic) bond motifs is 1. The number of nitrogens with zero attached hydrogens (tertiary/aromatic N) is 6. The number of urea groups is 1. The molecule has 1 aliphatic carbocycles. The lowest BCUT2D eigenvalue weighted by atomic mass is 9.91. The van der Waals surface area contributed by atoms with Gasteiger partial charge in [0.1, 0.15) is 22.9 Å². The van der Waals surface area contributed by atoms with Crippen LogP contribution in [0.4, 0.5) is 35.3 Å². The van der Waals surface area contributed by atoms with Gasteiger partial charge < -0.3 is 30.9 Å². The Bertz CT molecular complexity index is 2890. The molecule has 6 N–H and O–H groups in total. The molecular formula is C53H60F3N11O7. The number of aromatic amines is 1. The standard InChI is InChI=1S/C53H60F3N11O7/c1-74-41-19-18-36(29-40(41)67-28-23-43(68)62-52(67)73)51(72)65-26-21-33(22-27-65)9-8-13-45(70)66(32-44(69)60-39-11-5-2-6-12-39)25-7-3-4-10-37-31-59-49(57)46-47(63-64-48(37)46)34-14-16-35(17-15-34)50(71)61-42-30-38(20-24-58-42)53(54,55)56/h4,10,14-20,24,29-31,33,39H,2-3,5-9,11-13,21-23,25-28,32H2,1H3,(H2,57,59)(H,60,69)(H,63,64)(H,58,61,71)(H,62,68,73)/b10-4+. The first-order valence-corrected chi connectivity index (χ1v) is 25.0. The van der Waals surface area contributed by atoms with Crippen molar-refractivity contribution in [3.8, 4) is 17.0 Å². The van der Waals surface area contributed by atoms with Crippen LogP contribution in [0.1, 0.15) is 115 Å². The van der Waals surface area contributed by atoms with Crippen LogP contribution >= 0.6 is 0 Å². The third-order valence-corrected chi connectivity index (χ3v) is 13.8. The van der Waals surface area contributed by atoms with Crippen molar-refractivity contribution in [3.63, 3.8) is 0 Å². The largest absolute Gasteiger partial charge is 0.495 e. The van der Waals surface area contributed by atoms with Crippen molar-refractivity contribution in [3.05, 3.63) is 95.3 Å². The summed E-state index contributed by atoms with van der Waals surface area (Å²) in [6.07, 6.45) is 11.6. The van der Waals surface area contributed by atoms with Gasteiger partial charge in [-0.2, -0.15) is 18.3 Å². The second-order valence-electron chi connectivity index (χ2n) is 18.9. The summed E-state index contributed by atoms with van der Waals surface area (Å²) >= 11 is 0. The van der Waals surface area contributed by atoms with E-state index in [1.54, 1.807) is 46.3 Å². The zero-order valence-corrected chi connectivity index (χ0v) is 41.1. The third kappa shape index (κ3) is 13.0. The van der Waals surface area contributed by atoms with Gasteiger partial charge in [-0.25, -0.2) is 14.8 Å². The number of ether oxygens (including phenoxy) is 1. The fourth-order valence-electron chi connectivity index (χ4n) is 9.78. The molecule has 0 spiro atoms. The quantitative estimate of drug-likeness (QED) is 0.0525.